The van der Waals surface area contributed by atoms with Crippen molar-refractivity contribution in [3.05, 3.63) is 189 Å². The van der Waals surface area contributed by atoms with E-state index in [1.165, 1.54) is 17.7 Å². The van der Waals surface area contributed by atoms with Crippen LogP contribution in [-0.2, 0) is 66.4 Å². The van der Waals surface area contributed by atoms with Gasteiger partial charge in [0.1, 0.15) is 18.9 Å². The number of aryl methyl sites for hydroxylation is 1. The van der Waals surface area contributed by atoms with Gasteiger partial charge in [-0.3, -0.25) is 14.2 Å². The minimum absolute atomic E-state index is 0.0386. The van der Waals surface area contributed by atoms with Crippen molar-refractivity contribution >= 4 is 5.97 Å². The van der Waals surface area contributed by atoms with E-state index in [0.29, 0.717) is 0 Å². The maximum absolute atomic E-state index is 14.3. The lowest BCUT2D eigenvalue weighted by atomic mass is 9.88. The van der Waals surface area contributed by atoms with Crippen LogP contribution in [0.3, 0.4) is 0 Å². The fraction of sp³-hybridized carbons (Fsp3) is 0.295. The van der Waals surface area contributed by atoms with Gasteiger partial charge in [-0.15, -0.1) is 0 Å². The molecule has 1 aliphatic heterocycles. The average Bonchev–Trinajstić information content (AvgIpc) is 3.52. The van der Waals surface area contributed by atoms with Gasteiger partial charge in [0.25, 0.3) is 5.56 Å². The van der Waals surface area contributed by atoms with E-state index in [-0.39, 0.29) is 45.3 Å². The second kappa shape index (κ2) is 18.7. The lowest BCUT2D eigenvalue weighted by Crippen LogP contribution is -2.55. The molecule has 0 bridgehead atoms. The van der Waals surface area contributed by atoms with Crippen LogP contribution < -0.4 is 11.2 Å². The average molecular weight is 747 g/mol. The molecular weight excluding hydrogens is 700 g/mol. The predicted molar refractivity (Wildman–Crippen MR) is 206 cm³/mol. The van der Waals surface area contributed by atoms with Crippen LogP contribution in [0.2, 0.25) is 0 Å². The molecule has 0 amide bonds. The summed E-state index contributed by atoms with van der Waals surface area (Å²) in [5, 5.41) is 0. The van der Waals surface area contributed by atoms with Crippen LogP contribution >= 0.6 is 0 Å². The molecule has 0 saturated carbocycles. The lowest BCUT2D eigenvalue weighted by Gasteiger charge is -2.38. The Morgan fingerprint density at radius 3 is 1.82 bits per heavy atom. The Bertz CT molecular complexity index is 2110. The zero-order chi connectivity index (χ0) is 38.6. The molecule has 5 atom stereocenters. The van der Waals surface area contributed by atoms with Crippen LogP contribution in [-0.4, -0.2) is 45.6 Å². The fourth-order valence-corrected chi connectivity index (χ4v) is 6.62. The van der Waals surface area contributed by atoms with E-state index in [9.17, 15) is 14.4 Å². The highest BCUT2D eigenvalue weighted by molar-refractivity contribution is 5.66. The maximum atomic E-state index is 14.3. The lowest BCUT2D eigenvalue weighted by molar-refractivity contribution is -0.176. The molecule has 1 aromatic heterocycles. The molecule has 1 fully saturated rings. The van der Waals surface area contributed by atoms with Crippen molar-refractivity contribution in [1.82, 2.24) is 9.13 Å². The zero-order valence-corrected chi connectivity index (χ0v) is 31.0. The van der Waals surface area contributed by atoms with E-state index < -0.39 is 47.4 Å². The third kappa shape index (κ3) is 9.63. The van der Waals surface area contributed by atoms with Gasteiger partial charge in [-0.1, -0.05) is 134 Å². The Balaban J connectivity index is 1.41. The Morgan fingerprint density at radius 2 is 1.29 bits per heavy atom. The predicted octanol–water partition coefficient (Wildman–Crippen LogP) is 6.27. The number of esters is 1. The number of aromatic nitrogens is 2. The highest BCUT2D eigenvalue weighted by Crippen LogP contribution is 2.45. The van der Waals surface area contributed by atoms with Crippen molar-refractivity contribution in [3.63, 3.8) is 0 Å². The van der Waals surface area contributed by atoms with Gasteiger partial charge in [0.05, 0.1) is 33.0 Å². The van der Waals surface area contributed by atoms with Gasteiger partial charge in [0, 0.05) is 18.7 Å². The number of ether oxygens (including phenoxy) is 6. The molecule has 55 heavy (non-hydrogen) atoms. The Morgan fingerprint density at radius 1 is 0.782 bits per heavy atom. The first-order valence-corrected chi connectivity index (χ1v) is 18.1. The number of hydrogen-bond donors (Lipinski definition) is 0. The molecule has 0 N–H and O–H groups in total. The first-order valence-electron chi connectivity index (χ1n) is 18.1. The first kappa shape index (κ1) is 39.3. The summed E-state index contributed by atoms with van der Waals surface area (Å²) in [5.74, 6) is -0.639. The van der Waals surface area contributed by atoms with E-state index in [1.807, 2.05) is 121 Å². The molecule has 0 unspecified atom stereocenters. The smallest absolute Gasteiger partial charge is 0.335 e. The Kier molecular flexibility index (Phi) is 13.4. The molecule has 0 spiro atoms. The molecule has 5 aromatic rings. The van der Waals surface area contributed by atoms with Crippen molar-refractivity contribution < 1.29 is 33.2 Å². The standard InChI is InChI=1S/C44H46N2O9/c1-4-44(53-29-37-23-15-8-16-24-37)39(38(52-28-36-21-13-7-14-22-36)30-50-26-34-17-9-5-10-18-34)55-42(40(44)54-33(3)47)45-25-32(2)41(48)46(43(45)49)31-51-27-35-19-11-6-12-20-35/h4-25,38-40,42H,1,26-31H2,2-3H3/t38-,39-,40+,42-,44-/m1/s1. The Labute approximate surface area is 320 Å². The van der Waals surface area contributed by atoms with Crippen LogP contribution in [0.1, 0.15) is 41.0 Å². The Hall–Kier alpha value is -5.43. The normalized spacial score (nSPS) is 19.9. The number of carbonyl (C=O) groups excluding carboxylic acids is 1. The summed E-state index contributed by atoms with van der Waals surface area (Å²) in [5.41, 5.74) is 0.994. The second-order valence-electron chi connectivity index (χ2n) is 13.3. The number of benzene rings is 4. The number of hydrogen-bond acceptors (Lipinski definition) is 9. The molecule has 11 nitrogen and oxygen atoms in total. The molecule has 2 heterocycles. The summed E-state index contributed by atoms with van der Waals surface area (Å²) in [7, 11) is 0. The number of carbonyl (C=O) groups is 1. The van der Waals surface area contributed by atoms with Crippen molar-refractivity contribution in [2.24, 2.45) is 0 Å². The summed E-state index contributed by atoms with van der Waals surface area (Å²) in [6.45, 7) is 7.49. The van der Waals surface area contributed by atoms with Gasteiger partial charge in [-0.05, 0) is 29.2 Å². The molecule has 1 saturated heterocycles. The van der Waals surface area contributed by atoms with E-state index in [0.717, 1.165) is 26.8 Å². The molecule has 1 aliphatic rings. The van der Waals surface area contributed by atoms with Crippen molar-refractivity contribution in [2.45, 2.75) is 77.1 Å². The molecule has 0 radical (unpaired) electrons. The maximum Gasteiger partial charge on any atom is 0.335 e. The monoisotopic (exact) mass is 746 g/mol. The summed E-state index contributed by atoms with van der Waals surface area (Å²) in [6.07, 6.45) is -1.48. The zero-order valence-electron chi connectivity index (χ0n) is 31.0. The van der Waals surface area contributed by atoms with E-state index in [4.69, 9.17) is 28.4 Å². The summed E-state index contributed by atoms with van der Waals surface area (Å²) < 4.78 is 40.6. The SMILES string of the molecule is C=C[C@@]1(OCc2ccccc2)[C@@H]([C@@H](COCc2ccccc2)OCc2ccccc2)O[C@@H](n2cc(C)c(=O)n(COCc3ccccc3)c2=O)[C@@H]1OC(C)=O. The largest absolute Gasteiger partial charge is 0.454 e. The fourth-order valence-electron chi connectivity index (χ4n) is 6.62. The van der Waals surface area contributed by atoms with Crippen LogP contribution in [0.5, 0.6) is 0 Å². The summed E-state index contributed by atoms with van der Waals surface area (Å²) in [6, 6.07) is 38.3. The number of rotatable bonds is 18. The van der Waals surface area contributed by atoms with Gasteiger partial charge in [-0.25, -0.2) is 9.36 Å². The highest BCUT2D eigenvalue weighted by atomic mass is 16.7. The minimum Gasteiger partial charge on any atom is -0.454 e. The van der Waals surface area contributed by atoms with E-state index >= 15 is 0 Å². The van der Waals surface area contributed by atoms with Crippen LogP contribution in [0.15, 0.2) is 150 Å². The van der Waals surface area contributed by atoms with Gasteiger partial charge in [0.2, 0.25) is 0 Å². The van der Waals surface area contributed by atoms with E-state index in [2.05, 4.69) is 6.58 Å². The van der Waals surface area contributed by atoms with Gasteiger partial charge >= 0.3 is 11.7 Å². The quantitative estimate of drug-likeness (QED) is 0.0757. The van der Waals surface area contributed by atoms with Crippen molar-refractivity contribution in [3.8, 4) is 0 Å². The minimum atomic E-state index is -1.58. The topological polar surface area (TPSA) is 116 Å². The molecule has 11 heteroatoms. The van der Waals surface area contributed by atoms with Gasteiger partial charge in [0.15, 0.2) is 17.9 Å². The van der Waals surface area contributed by atoms with Gasteiger partial charge in [-0.2, -0.15) is 0 Å². The molecule has 0 aliphatic carbocycles. The molecule has 286 valence electrons. The summed E-state index contributed by atoms with van der Waals surface area (Å²) >= 11 is 0. The number of nitrogens with zero attached hydrogens (tertiary/aromatic N) is 2. The third-order valence-corrected chi connectivity index (χ3v) is 9.39. The second-order valence-corrected chi connectivity index (χ2v) is 13.3. The summed E-state index contributed by atoms with van der Waals surface area (Å²) in [4.78, 5) is 40.6. The van der Waals surface area contributed by atoms with Crippen molar-refractivity contribution in [2.75, 3.05) is 6.61 Å². The van der Waals surface area contributed by atoms with Gasteiger partial charge < -0.3 is 28.4 Å². The molecule has 4 aromatic carbocycles. The third-order valence-electron chi connectivity index (χ3n) is 9.39. The van der Waals surface area contributed by atoms with Crippen molar-refractivity contribution in [1.29, 1.82) is 0 Å². The first-order chi connectivity index (χ1) is 26.8. The van der Waals surface area contributed by atoms with Crippen LogP contribution in [0.4, 0.5) is 0 Å². The van der Waals surface area contributed by atoms with Crippen LogP contribution in [0, 0.1) is 6.92 Å². The highest BCUT2D eigenvalue weighted by Gasteiger charge is 2.62. The molecule has 6 rings (SSSR count). The molecular formula is C44H46N2O9. The van der Waals surface area contributed by atoms with E-state index in [1.54, 1.807) is 13.0 Å². The van der Waals surface area contributed by atoms with Crippen LogP contribution in [0.25, 0.3) is 0 Å².